The third-order valence-electron chi connectivity index (χ3n) is 4.38. The number of benzene rings is 3. The maximum absolute atomic E-state index is 12.8. The predicted molar refractivity (Wildman–Crippen MR) is 107 cm³/mol. The second-order valence-corrected chi connectivity index (χ2v) is 6.50. The van der Waals surface area contributed by atoms with E-state index < -0.39 is 0 Å². The van der Waals surface area contributed by atoms with E-state index >= 15 is 0 Å². The molecule has 1 amide bonds. The van der Waals surface area contributed by atoms with Gasteiger partial charge in [0.1, 0.15) is 6.04 Å². The predicted octanol–water partition coefficient (Wildman–Crippen LogP) is 4.70. The van der Waals surface area contributed by atoms with Gasteiger partial charge in [0, 0.05) is 5.69 Å². The second kappa shape index (κ2) is 8.34. The van der Waals surface area contributed by atoms with Gasteiger partial charge in [-0.15, -0.1) is 0 Å². The van der Waals surface area contributed by atoms with E-state index in [0.29, 0.717) is 0 Å². The van der Waals surface area contributed by atoms with Crippen LogP contribution in [0.5, 0.6) is 0 Å². The van der Waals surface area contributed by atoms with E-state index in [0.717, 1.165) is 16.8 Å². The molecular weight excluding hydrogens is 320 g/mol. The first-order chi connectivity index (χ1) is 12.6. The summed E-state index contributed by atoms with van der Waals surface area (Å²) in [5.74, 6) is -0.0386. The maximum Gasteiger partial charge on any atom is 0.242 e. The Bertz CT molecular complexity index is 790. The lowest BCUT2D eigenvalue weighted by Crippen LogP contribution is -2.40. The lowest BCUT2D eigenvalue weighted by molar-refractivity contribution is -0.122. The molecule has 3 heteroatoms. The van der Waals surface area contributed by atoms with Crippen LogP contribution in [-0.2, 0) is 4.79 Å². The fourth-order valence-corrected chi connectivity index (χ4v) is 2.88. The molecule has 3 aromatic rings. The van der Waals surface area contributed by atoms with Crippen LogP contribution in [0.25, 0.3) is 0 Å². The van der Waals surface area contributed by atoms with Crippen molar-refractivity contribution in [1.82, 2.24) is 5.32 Å². The Hall–Kier alpha value is -3.07. The van der Waals surface area contributed by atoms with Gasteiger partial charge in [-0.1, -0.05) is 78.4 Å². The first-order valence-electron chi connectivity index (χ1n) is 8.87. The number of hydrogen-bond donors (Lipinski definition) is 2. The first-order valence-corrected chi connectivity index (χ1v) is 8.87. The lowest BCUT2D eigenvalue weighted by Gasteiger charge is -2.23. The molecule has 3 rings (SSSR count). The number of aryl methyl sites for hydroxylation is 1. The molecule has 3 nitrogen and oxygen atoms in total. The fraction of sp³-hybridized carbons (Fsp3) is 0.174. The standard InChI is InChI=1S/C23H24N2O/c1-17-13-15-21(16-14-17)24-18(2)23(26)25-22(19-9-5-3-6-10-19)20-11-7-4-8-12-20/h3-16,18,22,24H,1-2H3,(H,25,26)/t18-/m1/s1. The summed E-state index contributed by atoms with van der Waals surface area (Å²) >= 11 is 0. The van der Waals surface area contributed by atoms with Crippen molar-refractivity contribution in [2.75, 3.05) is 5.32 Å². The third-order valence-corrected chi connectivity index (χ3v) is 4.38. The van der Waals surface area contributed by atoms with Crippen molar-refractivity contribution in [2.45, 2.75) is 25.9 Å². The first kappa shape index (κ1) is 17.7. The fourth-order valence-electron chi connectivity index (χ4n) is 2.88. The van der Waals surface area contributed by atoms with Crippen molar-refractivity contribution in [1.29, 1.82) is 0 Å². The van der Waals surface area contributed by atoms with Crippen LogP contribution in [-0.4, -0.2) is 11.9 Å². The normalized spacial score (nSPS) is 11.8. The van der Waals surface area contributed by atoms with E-state index in [1.54, 1.807) is 0 Å². The Morgan fingerprint density at radius 3 is 1.77 bits per heavy atom. The van der Waals surface area contributed by atoms with Crippen molar-refractivity contribution >= 4 is 11.6 Å². The molecule has 0 radical (unpaired) electrons. The number of rotatable bonds is 6. The minimum absolute atomic E-state index is 0.0386. The van der Waals surface area contributed by atoms with Gasteiger partial charge in [0.25, 0.3) is 0 Å². The Morgan fingerprint density at radius 2 is 1.27 bits per heavy atom. The molecule has 26 heavy (non-hydrogen) atoms. The molecule has 0 saturated heterocycles. The molecular formula is C23H24N2O. The summed E-state index contributed by atoms with van der Waals surface area (Å²) < 4.78 is 0. The van der Waals surface area contributed by atoms with E-state index in [4.69, 9.17) is 0 Å². The van der Waals surface area contributed by atoms with Gasteiger partial charge in [0.05, 0.1) is 6.04 Å². The number of amides is 1. The summed E-state index contributed by atoms with van der Waals surface area (Å²) in [5.41, 5.74) is 4.26. The van der Waals surface area contributed by atoms with Gasteiger partial charge in [-0.2, -0.15) is 0 Å². The van der Waals surface area contributed by atoms with Crippen LogP contribution in [0.3, 0.4) is 0 Å². The highest BCUT2D eigenvalue weighted by Gasteiger charge is 2.20. The van der Waals surface area contributed by atoms with Crippen LogP contribution in [0, 0.1) is 6.92 Å². The summed E-state index contributed by atoms with van der Waals surface area (Å²) in [7, 11) is 0. The smallest absolute Gasteiger partial charge is 0.242 e. The van der Waals surface area contributed by atoms with Crippen molar-refractivity contribution in [3.05, 3.63) is 102 Å². The SMILES string of the molecule is Cc1ccc(N[C@H](C)C(=O)NC(c2ccccc2)c2ccccc2)cc1. The summed E-state index contributed by atoms with van der Waals surface area (Å²) in [4.78, 5) is 12.8. The summed E-state index contributed by atoms with van der Waals surface area (Å²) in [6.07, 6.45) is 0. The monoisotopic (exact) mass is 344 g/mol. The van der Waals surface area contributed by atoms with Crippen molar-refractivity contribution in [3.63, 3.8) is 0 Å². The number of carbonyl (C=O) groups is 1. The quantitative estimate of drug-likeness (QED) is 0.680. The Kier molecular flexibility index (Phi) is 5.69. The van der Waals surface area contributed by atoms with E-state index in [2.05, 4.69) is 10.6 Å². The molecule has 0 unspecified atom stereocenters. The molecule has 3 aromatic carbocycles. The molecule has 1 atom stereocenters. The molecule has 0 heterocycles. The average Bonchev–Trinajstić information content (AvgIpc) is 2.69. The van der Waals surface area contributed by atoms with Gasteiger partial charge in [0.15, 0.2) is 0 Å². The van der Waals surface area contributed by atoms with Gasteiger partial charge < -0.3 is 10.6 Å². The molecule has 132 valence electrons. The molecule has 0 bridgehead atoms. The molecule has 0 aromatic heterocycles. The zero-order valence-electron chi connectivity index (χ0n) is 15.1. The molecule has 0 aliphatic rings. The minimum Gasteiger partial charge on any atom is -0.374 e. The largest absolute Gasteiger partial charge is 0.374 e. The number of carbonyl (C=O) groups excluding carboxylic acids is 1. The van der Waals surface area contributed by atoms with Gasteiger partial charge in [-0.3, -0.25) is 4.79 Å². The summed E-state index contributed by atoms with van der Waals surface area (Å²) in [6.45, 7) is 3.92. The minimum atomic E-state index is -0.340. The molecule has 0 fully saturated rings. The van der Waals surface area contributed by atoms with Crippen LogP contribution >= 0.6 is 0 Å². The van der Waals surface area contributed by atoms with E-state index in [1.807, 2.05) is 98.8 Å². The van der Waals surface area contributed by atoms with E-state index in [9.17, 15) is 4.79 Å². The third kappa shape index (κ3) is 4.51. The van der Waals surface area contributed by atoms with Crippen LogP contribution in [0.2, 0.25) is 0 Å². The number of nitrogens with one attached hydrogen (secondary N) is 2. The second-order valence-electron chi connectivity index (χ2n) is 6.50. The highest BCUT2D eigenvalue weighted by atomic mass is 16.2. The number of anilines is 1. The Balaban J connectivity index is 1.75. The Labute approximate surface area is 155 Å². The lowest BCUT2D eigenvalue weighted by atomic mass is 9.98. The summed E-state index contributed by atoms with van der Waals surface area (Å²) in [6, 6.07) is 27.6. The topological polar surface area (TPSA) is 41.1 Å². The van der Waals surface area contributed by atoms with Crippen molar-refractivity contribution in [3.8, 4) is 0 Å². The number of hydrogen-bond acceptors (Lipinski definition) is 2. The van der Waals surface area contributed by atoms with Gasteiger partial charge in [-0.05, 0) is 37.1 Å². The van der Waals surface area contributed by atoms with E-state index in [1.165, 1.54) is 5.56 Å². The molecule has 0 saturated carbocycles. The van der Waals surface area contributed by atoms with Crippen LogP contribution in [0.15, 0.2) is 84.9 Å². The van der Waals surface area contributed by atoms with Crippen molar-refractivity contribution < 1.29 is 4.79 Å². The van der Waals surface area contributed by atoms with Crippen molar-refractivity contribution in [2.24, 2.45) is 0 Å². The average molecular weight is 344 g/mol. The molecule has 0 spiro atoms. The molecule has 0 aliphatic heterocycles. The highest BCUT2D eigenvalue weighted by Crippen LogP contribution is 2.22. The zero-order chi connectivity index (χ0) is 18.4. The van der Waals surface area contributed by atoms with Gasteiger partial charge in [-0.25, -0.2) is 0 Å². The van der Waals surface area contributed by atoms with Crippen LogP contribution in [0.1, 0.15) is 29.7 Å². The summed E-state index contributed by atoms with van der Waals surface area (Å²) in [5, 5.41) is 6.44. The zero-order valence-corrected chi connectivity index (χ0v) is 15.1. The van der Waals surface area contributed by atoms with Crippen LogP contribution in [0.4, 0.5) is 5.69 Å². The van der Waals surface area contributed by atoms with Crippen LogP contribution < -0.4 is 10.6 Å². The maximum atomic E-state index is 12.8. The van der Waals surface area contributed by atoms with Gasteiger partial charge in [0.2, 0.25) is 5.91 Å². The molecule has 2 N–H and O–H groups in total. The van der Waals surface area contributed by atoms with Gasteiger partial charge >= 0.3 is 0 Å². The van der Waals surface area contributed by atoms with E-state index in [-0.39, 0.29) is 18.0 Å². The highest BCUT2D eigenvalue weighted by molar-refractivity contribution is 5.85. The molecule has 0 aliphatic carbocycles. The Morgan fingerprint density at radius 1 is 0.769 bits per heavy atom.